The zero-order valence-corrected chi connectivity index (χ0v) is 16.9. The van der Waals surface area contributed by atoms with Crippen LogP contribution in [0.3, 0.4) is 0 Å². The molecule has 0 atom stereocenters. The Hall–Kier alpha value is -1.55. The first kappa shape index (κ1) is 19.2. The van der Waals surface area contributed by atoms with E-state index in [-0.39, 0.29) is 0 Å². The summed E-state index contributed by atoms with van der Waals surface area (Å²) in [5.74, 6) is 1.07. The third kappa shape index (κ3) is 4.59. The number of aromatic nitrogens is 2. The molecule has 2 aromatic carbocycles. The largest absolute Gasteiger partial charge is 0.328 e. The molecule has 0 radical (unpaired) electrons. The number of aryl methyl sites for hydroxylation is 1. The SMILES string of the molecule is CCN(CC)CCCn1c(Cc2ccc(Cl)cc2)nc2ccc(Cl)cc21. The molecule has 1 heterocycles. The number of halogens is 2. The molecule has 3 rings (SSSR count). The van der Waals surface area contributed by atoms with Crippen LogP contribution in [0.5, 0.6) is 0 Å². The molecule has 0 saturated carbocycles. The Kier molecular flexibility index (Phi) is 6.58. The first-order chi connectivity index (χ1) is 12.6. The van der Waals surface area contributed by atoms with E-state index < -0.39 is 0 Å². The fraction of sp³-hybridized carbons (Fsp3) is 0.381. The smallest absolute Gasteiger partial charge is 0.114 e. The number of hydrogen-bond donors (Lipinski definition) is 0. The van der Waals surface area contributed by atoms with Crippen LogP contribution in [0.4, 0.5) is 0 Å². The van der Waals surface area contributed by atoms with E-state index in [2.05, 4.69) is 35.4 Å². The highest BCUT2D eigenvalue weighted by molar-refractivity contribution is 6.31. The Morgan fingerprint density at radius 2 is 1.65 bits per heavy atom. The van der Waals surface area contributed by atoms with Crippen molar-refractivity contribution in [3.8, 4) is 0 Å². The average molecular weight is 390 g/mol. The minimum atomic E-state index is 0.750. The monoisotopic (exact) mass is 389 g/mol. The second kappa shape index (κ2) is 8.90. The normalized spacial score (nSPS) is 11.6. The van der Waals surface area contributed by atoms with E-state index >= 15 is 0 Å². The third-order valence-electron chi connectivity index (χ3n) is 4.82. The van der Waals surface area contributed by atoms with Crippen LogP contribution >= 0.6 is 23.2 Å². The van der Waals surface area contributed by atoms with Gasteiger partial charge in [-0.25, -0.2) is 4.98 Å². The predicted molar refractivity (Wildman–Crippen MR) is 111 cm³/mol. The molecule has 0 unspecified atom stereocenters. The van der Waals surface area contributed by atoms with Crippen molar-refractivity contribution >= 4 is 34.2 Å². The molecule has 0 spiro atoms. The number of hydrogen-bond acceptors (Lipinski definition) is 2. The Labute approximate surface area is 165 Å². The molecule has 0 aliphatic heterocycles. The first-order valence-corrected chi connectivity index (χ1v) is 9.97. The topological polar surface area (TPSA) is 21.1 Å². The molecule has 26 heavy (non-hydrogen) atoms. The number of fused-ring (bicyclic) bond motifs is 1. The first-order valence-electron chi connectivity index (χ1n) is 9.22. The molecule has 0 amide bonds. The van der Waals surface area contributed by atoms with Gasteiger partial charge in [0.2, 0.25) is 0 Å². The summed E-state index contributed by atoms with van der Waals surface area (Å²) < 4.78 is 2.32. The molecule has 5 heteroatoms. The summed E-state index contributed by atoms with van der Waals surface area (Å²) in [5.41, 5.74) is 3.32. The highest BCUT2D eigenvalue weighted by Gasteiger charge is 2.12. The van der Waals surface area contributed by atoms with Gasteiger partial charge >= 0.3 is 0 Å². The highest BCUT2D eigenvalue weighted by Crippen LogP contribution is 2.23. The van der Waals surface area contributed by atoms with Crippen molar-refractivity contribution in [3.63, 3.8) is 0 Å². The van der Waals surface area contributed by atoms with Gasteiger partial charge in [0.1, 0.15) is 5.82 Å². The molecule has 0 saturated heterocycles. The van der Waals surface area contributed by atoms with E-state index in [4.69, 9.17) is 28.2 Å². The molecular formula is C21H25Cl2N3. The van der Waals surface area contributed by atoms with E-state index in [0.29, 0.717) is 0 Å². The van der Waals surface area contributed by atoms with Gasteiger partial charge < -0.3 is 9.47 Å². The number of imidazole rings is 1. The van der Waals surface area contributed by atoms with Crippen molar-refractivity contribution < 1.29 is 0 Å². The van der Waals surface area contributed by atoms with Gasteiger partial charge in [-0.15, -0.1) is 0 Å². The lowest BCUT2D eigenvalue weighted by Crippen LogP contribution is -2.25. The zero-order valence-electron chi connectivity index (χ0n) is 15.4. The number of nitrogens with zero attached hydrogens (tertiary/aromatic N) is 3. The van der Waals surface area contributed by atoms with Crippen LogP contribution in [0.1, 0.15) is 31.7 Å². The summed E-state index contributed by atoms with van der Waals surface area (Å²) in [6.07, 6.45) is 1.88. The van der Waals surface area contributed by atoms with Gasteiger partial charge in [0.05, 0.1) is 11.0 Å². The van der Waals surface area contributed by atoms with Gasteiger partial charge in [0.25, 0.3) is 0 Å². The highest BCUT2D eigenvalue weighted by atomic mass is 35.5. The Morgan fingerprint density at radius 3 is 2.35 bits per heavy atom. The Bertz CT molecular complexity index is 852. The maximum absolute atomic E-state index is 6.24. The lowest BCUT2D eigenvalue weighted by molar-refractivity contribution is 0.293. The fourth-order valence-electron chi connectivity index (χ4n) is 3.31. The van der Waals surface area contributed by atoms with E-state index in [9.17, 15) is 0 Å². The quantitative estimate of drug-likeness (QED) is 0.494. The van der Waals surface area contributed by atoms with Crippen molar-refractivity contribution in [2.75, 3.05) is 19.6 Å². The molecule has 3 aromatic rings. The van der Waals surface area contributed by atoms with Crippen molar-refractivity contribution in [3.05, 3.63) is 63.9 Å². The Morgan fingerprint density at radius 1 is 0.962 bits per heavy atom. The molecule has 0 bridgehead atoms. The lowest BCUT2D eigenvalue weighted by atomic mass is 10.1. The molecule has 0 aliphatic carbocycles. The second-order valence-electron chi connectivity index (χ2n) is 6.50. The molecule has 3 nitrogen and oxygen atoms in total. The van der Waals surface area contributed by atoms with E-state index in [0.717, 1.165) is 65.9 Å². The predicted octanol–water partition coefficient (Wildman–Crippen LogP) is 5.67. The summed E-state index contributed by atoms with van der Waals surface area (Å²) >= 11 is 12.3. The van der Waals surface area contributed by atoms with Crippen molar-refractivity contribution in [1.29, 1.82) is 0 Å². The minimum Gasteiger partial charge on any atom is -0.328 e. The third-order valence-corrected chi connectivity index (χ3v) is 5.30. The summed E-state index contributed by atoms with van der Waals surface area (Å²) in [4.78, 5) is 7.32. The maximum Gasteiger partial charge on any atom is 0.114 e. The van der Waals surface area contributed by atoms with Gasteiger partial charge in [0, 0.05) is 23.0 Å². The van der Waals surface area contributed by atoms with Crippen molar-refractivity contribution in [1.82, 2.24) is 14.5 Å². The summed E-state index contributed by atoms with van der Waals surface area (Å²) in [6, 6.07) is 13.9. The van der Waals surface area contributed by atoms with E-state index in [1.807, 2.05) is 30.3 Å². The fourth-order valence-corrected chi connectivity index (χ4v) is 3.60. The summed E-state index contributed by atoms with van der Waals surface area (Å²) in [6.45, 7) is 8.63. The molecule has 0 aliphatic rings. The van der Waals surface area contributed by atoms with Crippen molar-refractivity contribution in [2.24, 2.45) is 0 Å². The molecule has 138 valence electrons. The van der Waals surface area contributed by atoms with Crippen LogP contribution in [0, 0.1) is 0 Å². The minimum absolute atomic E-state index is 0.750. The van der Waals surface area contributed by atoms with Crippen LogP contribution in [-0.4, -0.2) is 34.1 Å². The molecule has 0 fully saturated rings. The van der Waals surface area contributed by atoms with Crippen LogP contribution < -0.4 is 0 Å². The summed E-state index contributed by atoms with van der Waals surface area (Å²) in [5, 5.41) is 1.51. The van der Waals surface area contributed by atoms with Gasteiger partial charge in [-0.2, -0.15) is 0 Å². The standard InChI is InChI=1S/C21H25Cl2N3/c1-3-25(4-2)12-5-13-26-20-15-18(23)10-11-19(20)24-21(26)14-16-6-8-17(22)9-7-16/h6-11,15H,3-5,12-14H2,1-2H3. The van der Waals surface area contributed by atoms with Gasteiger partial charge in [-0.3, -0.25) is 0 Å². The van der Waals surface area contributed by atoms with E-state index in [1.165, 1.54) is 5.56 Å². The summed E-state index contributed by atoms with van der Waals surface area (Å²) in [7, 11) is 0. The van der Waals surface area contributed by atoms with Crippen molar-refractivity contribution in [2.45, 2.75) is 33.2 Å². The maximum atomic E-state index is 6.24. The molecule has 0 N–H and O–H groups in total. The van der Waals surface area contributed by atoms with Gasteiger partial charge in [-0.05, 0) is 62.0 Å². The Balaban J connectivity index is 1.87. The van der Waals surface area contributed by atoms with Crippen LogP contribution in [0.25, 0.3) is 11.0 Å². The molecule has 1 aromatic heterocycles. The zero-order chi connectivity index (χ0) is 18.5. The van der Waals surface area contributed by atoms with Gasteiger partial charge in [-0.1, -0.05) is 49.2 Å². The second-order valence-corrected chi connectivity index (χ2v) is 7.37. The van der Waals surface area contributed by atoms with Crippen LogP contribution in [0.15, 0.2) is 42.5 Å². The lowest BCUT2D eigenvalue weighted by Gasteiger charge is -2.18. The number of rotatable bonds is 8. The number of benzene rings is 2. The molecular weight excluding hydrogens is 365 g/mol. The van der Waals surface area contributed by atoms with Crippen LogP contribution in [-0.2, 0) is 13.0 Å². The average Bonchev–Trinajstić information content (AvgIpc) is 2.97. The van der Waals surface area contributed by atoms with Gasteiger partial charge in [0.15, 0.2) is 0 Å². The van der Waals surface area contributed by atoms with Crippen LogP contribution in [0.2, 0.25) is 10.0 Å². The van der Waals surface area contributed by atoms with E-state index in [1.54, 1.807) is 0 Å².